The van der Waals surface area contributed by atoms with Crippen LogP contribution in [-0.2, 0) is 11.3 Å². The fraction of sp³-hybridized carbons (Fsp3) is 0.471. The summed E-state index contributed by atoms with van der Waals surface area (Å²) in [6, 6.07) is 7.46. The lowest BCUT2D eigenvalue weighted by Crippen LogP contribution is -2.40. The van der Waals surface area contributed by atoms with Gasteiger partial charge >= 0.3 is 6.03 Å². The van der Waals surface area contributed by atoms with Crippen molar-refractivity contribution in [2.45, 2.75) is 26.4 Å². The fourth-order valence-corrected chi connectivity index (χ4v) is 2.34. The maximum absolute atomic E-state index is 12.0. The number of anilines is 1. The van der Waals surface area contributed by atoms with E-state index in [-0.39, 0.29) is 24.6 Å². The lowest BCUT2D eigenvalue weighted by Gasteiger charge is -2.19. The van der Waals surface area contributed by atoms with E-state index in [9.17, 15) is 4.79 Å². The number of nitrogens with one attached hydrogen (secondary N) is 2. The molecule has 2 aromatic rings. The molecule has 6 nitrogen and oxygen atoms in total. The van der Waals surface area contributed by atoms with Gasteiger partial charge in [0.2, 0.25) is 0 Å². The SMILES string of the molecule is COCCn1ccc2cc(NC(=O)N[C@@H](C)[C@@H](C)CO)ccc21. The molecule has 0 saturated carbocycles. The van der Waals surface area contributed by atoms with Gasteiger partial charge in [0.25, 0.3) is 0 Å². The Morgan fingerprint density at radius 1 is 1.35 bits per heavy atom. The Kier molecular flexibility index (Phi) is 6.01. The number of carbonyl (C=O) groups is 1. The molecule has 1 aromatic heterocycles. The van der Waals surface area contributed by atoms with Crippen molar-refractivity contribution in [2.24, 2.45) is 5.92 Å². The number of rotatable bonds is 7. The van der Waals surface area contributed by atoms with Crippen LogP contribution in [0.25, 0.3) is 10.9 Å². The molecule has 2 atom stereocenters. The van der Waals surface area contributed by atoms with Crippen LogP contribution in [0.2, 0.25) is 0 Å². The number of aliphatic hydroxyl groups is 1. The van der Waals surface area contributed by atoms with E-state index in [0.29, 0.717) is 6.61 Å². The van der Waals surface area contributed by atoms with Gasteiger partial charge in [0.1, 0.15) is 0 Å². The highest BCUT2D eigenvalue weighted by atomic mass is 16.5. The number of urea groups is 1. The first-order valence-corrected chi connectivity index (χ1v) is 7.81. The number of nitrogens with zero attached hydrogens (tertiary/aromatic N) is 1. The molecule has 1 aromatic carbocycles. The van der Waals surface area contributed by atoms with E-state index in [4.69, 9.17) is 9.84 Å². The summed E-state index contributed by atoms with van der Waals surface area (Å²) in [5.41, 5.74) is 1.85. The predicted octanol–water partition coefficient (Wildman–Crippen LogP) is 2.43. The highest BCUT2D eigenvalue weighted by Gasteiger charge is 2.14. The van der Waals surface area contributed by atoms with E-state index in [1.165, 1.54) is 0 Å². The Morgan fingerprint density at radius 2 is 2.13 bits per heavy atom. The van der Waals surface area contributed by atoms with Crippen LogP contribution in [-0.4, -0.2) is 42.1 Å². The van der Waals surface area contributed by atoms with E-state index in [1.54, 1.807) is 7.11 Å². The highest BCUT2D eigenvalue weighted by molar-refractivity contribution is 5.93. The molecule has 23 heavy (non-hydrogen) atoms. The number of ether oxygens (including phenoxy) is 1. The van der Waals surface area contributed by atoms with Gasteiger partial charge in [0, 0.05) is 49.1 Å². The Bertz CT molecular complexity index is 654. The maximum atomic E-state index is 12.0. The van der Waals surface area contributed by atoms with Crippen LogP contribution < -0.4 is 10.6 Å². The van der Waals surface area contributed by atoms with Gasteiger partial charge in [-0.25, -0.2) is 4.79 Å². The van der Waals surface area contributed by atoms with Crippen molar-refractivity contribution >= 4 is 22.6 Å². The van der Waals surface area contributed by atoms with Crippen molar-refractivity contribution in [1.29, 1.82) is 0 Å². The second-order valence-corrected chi connectivity index (χ2v) is 5.82. The maximum Gasteiger partial charge on any atom is 0.319 e. The fourth-order valence-electron chi connectivity index (χ4n) is 2.34. The molecular formula is C17H25N3O3. The normalized spacial score (nSPS) is 13.7. The Hall–Kier alpha value is -2.05. The molecule has 0 spiro atoms. The van der Waals surface area contributed by atoms with E-state index < -0.39 is 0 Å². The zero-order chi connectivity index (χ0) is 16.8. The van der Waals surface area contributed by atoms with Crippen molar-refractivity contribution < 1.29 is 14.6 Å². The van der Waals surface area contributed by atoms with Crippen LogP contribution in [0.5, 0.6) is 0 Å². The molecule has 0 saturated heterocycles. The summed E-state index contributed by atoms with van der Waals surface area (Å²) in [5.74, 6) is 0.0121. The minimum atomic E-state index is -0.268. The third kappa shape index (κ3) is 4.46. The average Bonchev–Trinajstić information content (AvgIpc) is 2.94. The number of hydrogen-bond acceptors (Lipinski definition) is 3. The van der Waals surface area contributed by atoms with Gasteiger partial charge in [-0.05, 0) is 37.1 Å². The molecule has 0 unspecified atom stereocenters. The molecule has 6 heteroatoms. The standard InChI is InChI=1S/C17H25N3O3/c1-12(11-21)13(2)18-17(22)19-15-4-5-16-14(10-15)6-7-20(16)8-9-23-3/h4-7,10,12-13,21H,8-9,11H2,1-3H3,(H2,18,19,22)/t12-,13-/m0/s1. The summed E-state index contributed by atoms with van der Waals surface area (Å²) in [6.07, 6.45) is 2.01. The summed E-state index contributed by atoms with van der Waals surface area (Å²) in [7, 11) is 1.69. The van der Waals surface area contributed by atoms with Crippen molar-refractivity contribution in [3.8, 4) is 0 Å². The summed E-state index contributed by atoms with van der Waals surface area (Å²) in [4.78, 5) is 12.0. The Labute approximate surface area is 136 Å². The average molecular weight is 319 g/mol. The first-order chi connectivity index (χ1) is 11.0. The zero-order valence-corrected chi connectivity index (χ0v) is 13.9. The summed E-state index contributed by atoms with van der Waals surface area (Å²) in [6.45, 7) is 5.26. The lowest BCUT2D eigenvalue weighted by atomic mass is 10.1. The van der Waals surface area contributed by atoms with Gasteiger partial charge < -0.3 is 25.0 Å². The van der Waals surface area contributed by atoms with Crippen LogP contribution in [0, 0.1) is 5.92 Å². The van der Waals surface area contributed by atoms with Crippen LogP contribution in [0.4, 0.5) is 10.5 Å². The number of hydrogen-bond donors (Lipinski definition) is 3. The van der Waals surface area contributed by atoms with Crippen LogP contribution in [0.15, 0.2) is 30.5 Å². The molecule has 126 valence electrons. The predicted molar refractivity (Wildman–Crippen MR) is 91.7 cm³/mol. The molecule has 2 amide bonds. The number of aliphatic hydroxyl groups excluding tert-OH is 1. The molecule has 0 aliphatic heterocycles. The minimum absolute atomic E-state index is 0.0121. The molecule has 3 N–H and O–H groups in total. The van der Waals surface area contributed by atoms with Gasteiger partial charge in [-0.15, -0.1) is 0 Å². The van der Waals surface area contributed by atoms with Gasteiger partial charge in [-0.2, -0.15) is 0 Å². The van der Waals surface area contributed by atoms with Crippen LogP contribution >= 0.6 is 0 Å². The largest absolute Gasteiger partial charge is 0.396 e. The quantitative estimate of drug-likeness (QED) is 0.733. The van der Waals surface area contributed by atoms with Gasteiger partial charge in [0.15, 0.2) is 0 Å². The Balaban J connectivity index is 2.02. The molecular weight excluding hydrogens is 294 g/mol. The number of aromatic nitrogens is 1. The summed E-state index contributed by atoms with van der Waals surface area (Å²) >= 11 is 0. The molecule has 0 bridgehead atoms. The van der Waals surface area contributed by atoms with E-state index in [2.05, 4.69) is 15.2 Å². The second-order valence-electron chi connectivity index (χ2n) is 5.82. The monoisotopic (exact) mass is 319 g/mol. The van der Waals surface area contributed by atoms with Crippen LogP contribution in [0.1, 0.15) is 13.8 Å². The zero-order valence-electron chi connectivity index (χ0n) is 13.9. The first-order valence-electron chi connectivity index (χ1n) is 7.81. The Morgan fingerprint density at radius 3 is 2.83 bits per heavy atom. The van der Waals surface area contributed by atoms with E-state index >= 15 is 0 Å². The number of fused-ring (bicyclic) bond motifs is 1. The molecule has 0 fully saturated rings. The van der Waals surface area contributed by atoms with Crippen molar-refractivity contribution in [3.05, 3.63) is 30.5 Å². The van der Waals surface area contributed by atoms with Crippen molar-refractivity contribution in [1.82, 2.24) is 9.88 Å². The summed E-state index contributed by atoms with van der Waals surface area (Å²) < 4.78 is 7.22. The second kappa shape index (κ2) is 7.99. The van der Waals surface area contributed by atoms with Gasteiger partial charge in [-0.1, -0.05) is 6.92 Å². The third-order valence-corrected chi connectivity index (χ3v) is 4.07. The topological polar surface area (TPSA) is 75.5 Å². The molecule has 0 aliphatic rings. The summed E-state index contributed by atoms with van der Waals surface area (Å²) in [5, 5.41) is 15.8. The molecule has 0 radical (unpaired) electrons. The lowest BCUT2D eigenvalue weighted by molar-refractivity contribution is 0.188. The number of methoxy groups -OCH3 is 1. The number of carbonyl (C=O) groups excluding carboxylic acids is 1. The number of benzene rings is 1. The number of amides is 2. The first kappa shape index (κ1) is 17.3. The van der Waals surface area contributed by atoms with Crippen molar-refractivity contribution in [2.75, 3.05) is 25.6 Å². The van der Waals surface area contributed by atoms with Gasteiger partial charge in [-0.3, -0.25) is 0 Å². The highest BCUT2D eigenvalue weighted by Crippen LogP contribution is 2.20. The molecule has 0 aliphatic carbocycles. The smallest absolute Gasteiger partial charge is 0.319 e. The third-order valence-electron chi connectivity index (χ3n) is 4.07. The van der Waals surface area contributed by atoms with Crippen molar-refractivity contribution in [3.63, 3.8) is 0 Å². The van der Waals surface area contributed by atoms with E-state index in [0.717, 1.165) is 23.1 Å². The van der Waals surface area contributed by atoms with Crippen LogP contribution in [0.3, 0.4) is 0 Å². The van der Waals surface area contributed by atoms with Gasteiger partial charge in [0.05, 0.1) is 6.61 Å². The molecule has 2 rings (SSSR count). The minimum Gasteiger partial charge on any atom is -0.396 e. The van der Waals surface area contributed by atoms with E-state index in [1.807, 2.05) is 44.3 Å². The molecule has 1 heterocycles.